The molecule has 0 unspecified atom stereocenters. The molecule has 2 aromatic rings. The van der Waals surface area contributed by atoms with Gasteiger partial charge in [-0.2, -0.15) is 0 Å². The highest BCUT2D eigenvalue weighted by molar-refractivity contribution is 6.36. The van der Waals surface area contributed by atoms with Crippen molar-refractivity contribution in [3.8, 4) is 0 Å². The largest absolute Gasteiger partial charge is 0.323 e. The predicted molar refractivity (Wildman–Crippen MR) is 96.2 cm³/mol. The quantitative estimate of drug-likeness (QED) is 0.878. The van der Waals surface area contributed by atoms with Gasteiger partial charge in [-0.25, -0.2) is 0 Å². The number of amides is 2. The number of rotatable bonds is 3. The maximum Gasteiger partial charge on any atom is 0.259 e. The molecule has 0 aliphatic carbocycles. The maximum atomic E-state index is 12.6. The molecule has 2 aromatic carbocycles. The summed E-state index contributed by atoms with van der Waals surface area (Å²) in [7, 11) is 0. The first kappa shape index (κ1) is 16.6. The second-order valence-electron chi connectivity index (χ2n) is 5.46. The third-order valence-electron chi connectivity index (χ3n) is 3.93. The van der Waals surface area contributed by atoms with Gasteiger partial charge < -0.3 is 5.32 Å². The van der Waals surface area contributed by atoms with E-state index in [4.69, 9.17) is 23.2 Å². The minimum absolute atomic E-state index is 0.236. The molecule has 6 heteroatoms. The molecule has 122 valence electrons. The predicted octanol–water partition coefficient (Wildman–Crippen LogP) is 4.45. The lowest BCUT2D eigenvalue weighted by Gasteiger charge is -2.24. The molecule has 1 aliphatic rings. The van der Waals surface area contributed by atoms with E-state index in [9.17, 15) is 9.59 Å². The molecular formula is C18H14Cl2N2O2. The van der Waals surface area contributed by atoms with Crippen LogP contribution >= 0.6 is 23.2 Å². The highest BCUT2D eigenvalue weighted by atomic mass is 35.5. The van der Waals surface area contributed by atoms with E-state index in [0.29, 0.717) is 27.0 Å². The molecule has 0 aromatic heterocycles. The smallest absolute Gasteiger partial charge is 0.259 e. The van der Waals surface area contributed by atoms with Crippen molar-refractivity contribution in [2.45, 2.75) is 13.0 Å². The lowest BCUT2D eigenvalue weighted by Crippen LogP contribution is -2.41. The minimum Gasteiger partial charge on any atom is -0.323 e. The number of anilines is 1. The summed E-state index contributed by atoms with van der Waals surface area (Å²) < 4.78 is 0. The molecule has 1 N–H and O–H groups in total. The van der Waals surface area contributed by atoms with E-state index in [1.165, 1.54) is 4.90 Å². The molecule has 1 atom stereocenters. The fourth-order valence-corrected chi connectivity index (χ4v) is 3.11. The summed E-state index contributed by atoms with van der Waals surface area (Å²) in [6.45, 7) is 5.60. The van der Waals surface area contributed by atoms with E-state index in [-0.39, 0.29) is 11.8 Å². The van der Waals surface area contributed by atoms with E-state index >= 15 is 0 Å². The molecule has 0 bridgehead atoms. The monoisotopic (exact) mass is 360 g/mol. The van der Waals surface area contributed by atoms with Gasteiger partial charge in [0.05, 0.1) is 10.7 Å². The van der Waals surface area contributed by atoms with Gasteiger partial charge >= 0.3 is 0 Å². The van der Waals surface area contributed by atoms with Crippen molar-refractivity contribution in [3.63, 3.8) is 0 Å². The Morgan fingerprint density at radius 1 is 1.17 bits per heavy atom. The molecule has 0 spiro atoms. The van der Waals surface area contributed by atoms with Crippen molar-refractivity contribution in [1.82, 2.24) is 4.90 Å². The minimum atomic E-state index is -0.732. The van der Waals surface area contributed by atoms with Crippen LogP contribution in [0.5, 0.6) is 0 Å². The number of fused-ring (bicyclic) bond motifs is 1. The van der Waals surface area contributed by atoms with Crippen molar-refractivity contribution in [1.29, 1.82) is 0 Å². The van der Waals surface area contributed by atoms with E-state index in [1.807, 2.05) is 12.1 Å². The van der Waals surface area contributed by atoms with Crippen LogP contribution in [0.3, 0.4) is 0 Å². The molecule has 0 radical (unpaired) electrons. The van der Waals surface area contributed by atoms with Crippen molar-refractivity contribution in [3.05, 3.63) is 70.2 Å². The fourth-order valence-electron chi connectivity index (χ4n) is 2.66. The average molecular weight is 361 g/mol. The van der Waals surface area contributed by atoms with Gasteiger partial charge in [0.25, 0.3) is 5.91 Å². The normalized spacial score (nSPS) is 14.5. The van der Waals surface area contributed by atoms with Gasteiger partial charge in [-0.3, -0.25) is 14.5 Å². The van der Waals surface area contributed by atoms with Crippen LogP contribution in [0, 0.1) is 0 Å². The van der Waals surface area contributed by atoms with Gasteiger partial charge in [0.15, 0.2) is 0 Å². The van der Waals surface area contributed by atoms with Crippen LogP contribution in [-0.4, -0.2) is 22.8 Å². The first-order valence-corrected chi connectivity index (χ1v) is 8.03. The van der Waals surface area contributed by atoms with Gasteiger partial charge in [-0.05, 0) is 31.2 Å². The standard InChI is InChI=1S/C18H14Cl2N2O2/c1-10-13-5-3-4-6-14(13)18(24)22(10)11(2)17(23)21-16-8-7-12(19)9-15(16)20/h3-9,11H,1H2,2H3,(H,21,23)/t11-/m0/s1. The summed E-state index contributed by atoms with van der Waals surface area (Å²) in [6, 6.07) is 11.2. The highest BCUT2D eigenvalue weighted by Gasteiger charge is 2.36. The summed E-state index contributed by atoms with van der Waals surface area (Å²) in [5.74, 6) is -0.595. The number of halogens is 2. The van der Waals surface area contributed by atoms with Crippen LogP contribution in [0.15, 0.2) is 49.0 Å². The van der Waals surface area contributed by atoms with Crippen LogP contribution in [-0.2, 0) is 4.79 Å². The summed E-state index contributed by atoms with van der Waals surface area (Å²) in [4.78, 5) is 26.5. The molecule has 0 saturated heterocycles. The first-order chi connectivity index (χ1) is 11.4. The third-order valence-corrected chi connectivity index (χ3v) is 4.48. The second-order valence-corrected chi connectivity index (χ2v) is 6.30. The van der Waals surface area contributed by atoms with Crippen LogP contribution in [0.4, 0.5) is 5.69 Å². The molecule has 1 aliphatic heterocycles. The number of hydrogen-bond acceptors (Lipinski definition) is 2. The zero-order valence-corrected chi connectivity index (χ0v) is 14.4. The highest BCUT2D eigenvalue weighted by Crippen LogP contribution is 2.33. The second kappa shape index (κ2) is 6.30. The number of benzene rings is 2. The Morgan fingerprint density at radius 2 is 1.83 bits per heavy atom. The molecule has 4 nitrogen and oxygen atoms in total. The SMILES string of the molecule is C=C1c2ccccc2C(=O)N1[C@@H](C)C(=O)Nc1ccc(Cl)cc1Cl. The lowest BCUT2D eigenvalue weighted by atomic mass is 10.1. The Kier molecular flexibility index (Phi) is 4.35. The van der Waals surface area contributed by atoms with Crippen molar-refractivity contribution >= 4 is 46.4 Å². The molecule has 0 saturated carbocycles. The first-order valence-electron chi connectivity index (χ1n) is 7.28. The fraction of sp³-hybridized carbons (Fsp3) is 0.111. The molecule has 24 heavy (non-hydrogen) atoms. The number of nitrogens with zero attached hydrogens (tertiary/aromatic N) is 1. The third kappa shape index (κ3) is 2.79. The Hall–Kier alpha value is -2.30. The van der Waals surface area contributed by atoms with Crippen LogP contribution in [0.1, 0.15) is 22.8 Å². The van der Waals surface area contributed by atoms with E-state index in [0.717, 1.165) is 5.56 Å². The zero-order chi connectivity index (χ0) is 17.4. The average Bonchev–Trinajstić information content (AvgIpc) is 2.81. The topological polar surface area (TPSA) is 49.4 Å². The maximum absolute atomic E-state index is 12.6. The van der Waals surface area contributed by atoms with Gasteiger partial charge in [-0.1, -0.05) is 48.0 Å². The van der Waals surface area contributed by atoms with Crippen LogP contribution in [0.2, 0.25) is 10.0 Å². The Balaban J connectivity index is 1.82. The van der Waals surface area contributed by atoms with Gasteiger partial charge in [0, 0.05) is 21.8 Å². The van der Waals surface area contributed by atoms with Gasteiger partial charge in [-0.15, -0.1) is 0 Å². The van der Waals surface area contributed by atoms with Crippen molar-refractivity contribution in [2.75, 3.05) is 5.32 Å². The summed E-state index contributed by atoms with van der Waals surface area (Å²) in [5.41, 5.74) is 2.24. The number of nitrogens with one attached hydrogen (secondary N) is 1. The number of carbonyl (C=O) groups excluding carboxylic acids is 2. The summed E-state index contributed by atoms with van der Waals surface area (Å²) in [5, 5.41) is 3.53. The molecule has 1 heterocycles. The van der Waals surface area contributed by atoms with Crippen molar-refractivity contribution < 1.29 is 9.59 Å². The van der Waals surface area contributed by atoms with E-state index < -0.39 is 6.04 Å². The Morgan fingerprint density at radius 3 is 2.46 bits per heavy atom. The van der Waals surface area contributed by atoms with Crippen molar-refractivity contribution in [2.24, 2.45) is 0 Å². The van der Waals surface area contributed by atoms with Gasteiger partial charge in [0.2, 0.25) is 5.91 Å². The molecule has 0 fully saturated rings. The van der Waals surface area contributed by atoms with Crippen LogP contribution < -0.4 is 5.32 Å². The molecular weight excluding hydrogens is 347 g/mol. The molecule has 3 rings (SSSR count). The Bertz CT molecular complexity index is 829. The van der Waals surface area contributed by atoms with Gasteiger partial charge in [0.1, 0.15) is 6.04 Å². The number of carbonyl (C=O) groups is 2. The van der Waals surface area contributed by atoms with E-state index in [2.05, 4.69) is 11.9 Å². The summed E-state index contributed by atoms with van der Waals surface area (Å²) in [6.07, 6.45) is 0. The molecule has 2 amide bonds. The zero-order valence-electron chi connectivity index (χ0n) is 12.8. The Labute approximate surface area is 149 Å². The summed E-state index contributed by atoms with van der Waals surface area (Å²) >= 11 is 11.9. The number of hydrogen-bond donors (Lipinski definition) is 1. The van der Waals surface area contributed by atoms with Crippen LogP contribution in [0.25, 0.3) is 5.70 Å². The lowest BCUT2D eigenvalue weighted by molar-refractivity contribution is -0.119. The van der Waals surface area contributed by atoms with E-state index in [1.54, 1.807) is 37.3 Å².